The number of hydrogen-bond acceptors (Lipinski definition) is 4. The molecule has 0 aromatic heterocycles. The molecular formula is C21H18F2N2O2. The average Bonchev–Trinajstić information content (AvgIpc) is 2.69. The van der Waals surface area contributed by atoms with Crippen LogP contribution in [0.15, 0.2) is 71.8 Å². The second kappa shape index (κ2) is 8.80. The molecule has 0 spiro atoms. The second-order valence-electron chi connectivity index (χ2n) is 5.68. The largest absolute Gasteiger partial charge is 0.493 e. The van der Waals surface area contributed by atoms with Gasteiger partial charge in [0.05, 0.1) is 19.0 Å². The van der Waals surface area contributed by atoms with Crippen LogP contribution in [0.1, 0.15) is 11.1 Å². The van der Waals surface area contributed by atoms with E-state index >= 15 is 0 Å². The van der Waals surface area contributed by atoms with E-state index in [1.54, 1.807) is 25.3 Å². The number of anilines is 1. The van der Waals surface area contributed by atoms with E-state index in [4.69, 9.17) is 9.47 Å². The van der Waals surface area contributed by atoms with E-state index in [1.165, 1.54) is 12.3 Å². The molecule has 0 heterocycles. The van der Waals surface area contributed by atoms with Crippen molar-refractivity contribution in [2.24, 2.45) is 5.10 Å². The molecule has 3 rings (SSSR count). The lowest BCUT2D eigenvalue weighted by atomic mass is 10.2. The number of halogens is 2. The first-order chi connectivity index (χ1) is 13.2. The number of benzene rings is 3. The summed E-state index contributed by atoms with van der Waals surface area (Å²) in [5.74, 6) is -0.190. The number of hydrogen-bond donors (Lipinski definition) is 1. The molecule has 27 heavy (non-hydrogen) atoms. The van der Waals surface area contributed by atoms with Crippen LogP contribution in [0.4, 0.5) is 14.5 Å². The smallest absolute Gasteiger partial charge is 0.162 e. The molecule has 3 aromatic carbocycles. The van der Waals surface area contributed by atoms with Gasteiger partial charge in [0.25, 0.3) is 0 Å². The predicted octanol–water partition coefficient (Wildman–Crippen LogP) is 5.00. The highest BCUT2D eigenvalue weighted by molar-refractivity contribution is 5.81. The normalized spacial score (nSPS) is 10.8. The molecule has 138 valence electrons. The van der Waals surface area contributed by atoms with Crippen LogP contribution in [-0.4, -0.2) is 13.3 Å². The lowest BCUT2D eigenvalue weighted by Crippen LogP contribution is -1.99. The summed E-state index contributed by atoms with van der Waals surface area (Å²) in [6, 6.07) is 18.3. The average molecular weight is 368 g/mol. The quantitative estimate of drug-likeness (QED) is 0.471. The van der Waals surface area contributed by atoms with Crippen LogP contribution in [-0.2, 0) is 6.61 Å². The molecule has 3 aromatic rings. The van der Waals surface area contributed by atoms with Crippen molar-refractivity contribution >= 4 is 11.9 Å². The van der Waals surface area contributed by atoms with Crippen molar-refractivity contribution in [1.82, 2.24) is 0 Å². The first-order valence-electron chi connectivity index (χ1n) is 8.24. The van der Waals surface area contributed by atoms with E-state index < -0.39 is 11.6 Å². The van der Waals surface area contributed by atoms with Crippen LogP contribution in [0.25, 0.3) is 0 Å². The van der Waals surface area contributed by atoms with Crippen LogP contribution >= 0.6 is 0 Å². The van der Waals surface area contributed by atoms with Gasteiger partial charge < -0.3 is 9.47 Å². The van der Waals surface area contributed by atoms with E-state index in [1.807, 2.05) is 30.3 Å². The predicted molar refractivity (Wildman–Crippen MR) is 101 cm³/mol. The Morgan fingerprint density at radius 3 is 2.52 bits per heavy atom. The third-order valence-corrected chi connectivity index (χ3v) is 3.75. The summed E-state index contributed by atoms with van der Waals surface area (Å²) in [5.41, 5.74) is 4.40. The van der Waals surface area contributed by atoms with Gasteiger partial charge in [-0.15, -0.1) is 0 Å². The maximum atomic E-state index is 13.6. The van der Waals surface area contributed by atoms with Gasteiger partial charge in [0, 0.05) is 6.07 Å². The third kappa shape index (κ3) is 5.04. The maximum absolute atomic E-state index is 13.6. The fraction of sp³-hybridized carbons (Fsp3) is 0.0952. The number of nitrogens with one attached hydrogen (secondary N) is 1. The van der Waals surface area contributed by atoms with E-state index in [0.29, 0.717) is 18.1 Å². The highest BCUT2D eigenvalue weighted by atomic mass is 19.1. The molecule has 0 amide bonds. The Labute approximate surface area is 156 Å². The van der Waals surface area contributed by atoms with Crippen molar-refractivity contribution in [2.45, 2.75) is 6.61 Å². The number of hydrazone groups is 1. The van der Waals surface area contributed by atoms with Crippen molar-refractivity contribution in [3.05, 3.63) is 89.5 Å². The SMILES string of the molecule is COc1ccc(/C=N\Nc2ccc(F)cc2F)cc1OCc1ccccc1. The Morgan fingerprint density at radius 1 is 0.963 bits per heavy atom. The molecule has 4 nitrogen and oxygen atoms in total. The Balaban J connectivity index is 1.70. The standard InChI is InChI=1S/C21H18F2N2O2/c1-26-20-10-7-16(11-21(20)27-14-15-5-3-2-4-6-15)13-24-25-19-9-8-17(22)12-18(19)23/h2-13,25H,14H2,1H3/b24-13-. The van der Waals surface area contributed by atoms with Gasteiger partial charge in [0.1, 0.15) is 12.4 Å². The number of rotatable bonds is 7. The van der Waals surface area contributed by atoms with Crippen LogP contribution in [0.5, 0.6) is 11.5 Å². The summed E-state index contributed by atoms with van der Waals surface area (Å²) in [7, 11) is 1.57. The summed E-state index contributed by atoms with van der Waals surface area (Å²) in [6.45, 7) is 0.400. The molecule has 0 radical (unpaired) electrons. The van der Waals surface area contributed by atoms with Gasteiger partial charge in [-0.25, -0.2) is 8.78 Å². The van der Waals surface area contributed by atoms with Gasteiger partial charge >= 0.3 is 0 Å². The van der Waals surface area contributed by atoms with Gasteiger partial charge in [-0.1, -0.05) is 30.3 Å². The molecule has 1 N–H and O–H groups in total. The molecule has 0 aliphatic heterocycles. The molecule has 0 atom stereocenters. The highest BCUT2D eigenvalue weighted by Gasteiger charge is 2.06. The van der Waals surface area contributed by atoms with Gasteiger partial charge in [0.15, 0.2) is 17.3 Å². The minimum atomic E-state index is -0.714. The Hall–Kier alpha value is -3.41. The second-order valence-corrected chi connectivity index (χ2v) is 5.68. The van der Waals surface area contributed by atoms with E-state index in [2.05, 4.69) is 10.5 Å². The summed E-state index contributed by atoms with van der Waals surface area (Å²) in [5, 5.41) is 3.98. The number of methoxy groups -OCH3 is 1. The summed E-state index contributed by atoms with van der Waals surface area (Å²) in [4.78, 5) is 0. The molecule has 0 saturated carbocycles. The van der Waals surface area contributed by atoms with Crippen LogP contribution in [0.2, 0.25) is 0 Å². The van der Waals surface area contributed by atoms with Gasteiger partial charge in [-0.3, -0.25) is 5.43 Å². The molecule has 0 saturated heterocycles. The summed E-state index contributed by atoms with van der Waals surface area (Å²) >= 11 is 0. The van der Waals surface area contributed by atoms with Gasteiger partial charge in [-0.2, -0.15) is 5.10 Å². The third-order valence-electron chi connectivity index (χ3n) is 3.75. The molecule has 0 unspecified atom stereocenters. The molecular weight excluding hydrogens is 350 g/mol. The number of nitrogens with zero attached hydrogens (tertiary/aromatic N) is 1. The Kier molecular flexibility index (Phi) is 5.99. The highest BCUT2D eigenvalue weighted by Crippen LogP contribution is 2.28. The van der Waals surface area contributed by atoms with E-state index in [0.717, 1.165) is 23.3 Å². The maximum Gasteiger partial charge on any atom is 0.162 e. The molecule has 6 heteroatoms. The Bertz CT molecular complexity index is 931. The van der Waals surface area contributed by atoms with Crippen molar-refractivity contribution in [3.8, 4) is 11.5 Å². The Morgan fingerprint density at radius 2 is 1.78 bits per heavy atom. The van der Waals surface area contributed by atoms with Crippen molar-refractivity contribution in [2.75, 3.05) is 12.5 Å². The van der Waals surface area contributed by atoms with Crippen molar-refractivity contribution in [3.63, 3.8) is 0 Å². The lowest BCUT2D eigenvalue weighted by Gasteiger charge is -2.11. The summed E-state index contributed by atoms with van der Waals surface area (Å²) < 4.78 is 37.7. The van der Waals surface area contributed by atoms with Crippen molar-refractivity contribution < 1.29 is 18.3 Å². The van der Waals surface area contributed by atoms with Crippen LogP contribution in [0.3, 0.4) is 0 Å². The molecule has 0 aliphatic carbocycles. The fourth-order valence-electron chi connectivity index (χ4n) is 2.38. The zero-order valence-corrected chi connectivity index (χ0v) is 14.7. The molecule has 0 bridgehead atoms. The van der Waals surface area contributed by atoms with Crippen molar-refractivity contribution in [1.29, 1.82) is 0 Å². The monoisotopic (exact) mass is 368 g/mol. The minimum Gasteiger partial charge on any atom is -0.493 e. The lowest BCUT2D eigenvalue weighted by molar-refractivity contribution is 0.284. The number of ether oxygens (including phenoxy) is 2. The molecule has 0 aliphatic rings. The molecule has 0 fully saturated rings. The van der Waals surface area contributed by atoms with E-state index in [-0.39, 0.29) is 5.69 Å². The fourth-order valence-corrected chi connectivity index (χ4v) is 2.38. The minimum absolute atomic E-state index is 0.0849. The van der Waals surface area contributed by atoms with Gasteiger partial charge in [-0.05, 0) is 41.5 Å². The first-order valence-corrected chi connectivity index (χ1v) is 8.24. The zero-order chi connectivity index (χ0) is 19.1. The van der Waals surface area contributed by atoms with Crippen LogP contribution in [0, 0.1) is 11.6 Å². The zero-order valence-electron chi connectivity index (χ0n) is 14.7. The van der Waals surface area contributed by atoms with Crippen LogP contribution < -0.4 is 14.9 Å². The summed E-state index contributed by atoms with van der Waals surface area (Å²) in [6.07, 6.45) is 1.51. The first kappa shape index (κ1) is 18.4. The van der Waals surface area contributed by atoms with Gasteiger partial charge in [0.2, 0.25) is 0 Å². The topological polar surface area (TPSA) is 42.8 Å². The van der Waals surface area contributed by atoms with E-state index in [9.17, 15) is 8.78 Å².